The fraction of sp³-hybridized carbons (Fsp3) is 0.571. The van der Waals surface area contributed by atoms with Crippen LogP contribution in [-0.2, 0) is 6.42 Å². The Morgan fingerprint density at radius 2 is 2.17 bits per heavy atom. The van der Waals surface area contributed by atoms with E-state index in [1.807, 2.05) is 18.2 Å². The fourth-order valence-electron chi connectivity index (χ4n) is 2.53. The van der Waals surface area contributed by atoms with Crippen LogP contribution < -0.4 is 10.1 Å². The summed E-state index contributed by atoms with van der Waals surface area (Å²) in [7, 11) is 1.67. The monoisotopic (exact) mass is 313 g/mol. The van der Waals surface area contributed by atoms with E-state index < -0.39 is 0 Å². The molecule has 3 nitrogen and oxygen atoms in total. The molecule has 18 heavy (non-hydrogen) atoms. The van der Waals surface area contributed by atoms with Crippen LogP contribution in [-0.4, -0.2) is 31.4 Å². The van der Waals surface area contributed by atoms with Gasteiger partial charge in [0.25, 0.3) is 0 Å². The van der Waals surface area contributed by atoms with E-state index in [0.29, 0.717) is 12.3 Å². The number of halogens is 1. The largest absolute Gasteiger partial charge is 0.496 e. The number of aliphatic hydroxyl groups is 1. The van der Waals surface area contributed by atoms with Crippen LogP contribution in [0.2, 0.25) is 0 Å². The third-order valence-corrected chi connectivity index (χ3v) is 4.09. The summed E-state index contributed by atoms with van der Waals surface area (Å²) < 4.78 is 6.37. The van der Waals surface area contributed by atoms with Crippen LogP contribution in [0.4, 0.5) is 0 Å². The van der Waals surface area contributed by atoms with Crippen LogP contribution in [0, 0.1) is 5.92 Å². The molecule has 1 atom stereocenters. The van der Waals surface area contributed by atoms with Gasteiger partial charge in [-0.1, -0.05) is 15.9 Å². The van der Waals surface area contributed by atoms with Crippen molar-refractivity contribution >= 4 is 15.9 Å². The fourth-order valence-corrected chi connectivity index (χ4v) is 2.94. The molecule has 1 unspecified atom stereocenters. The van der Waals surface area contributed by atoms with Gasteiger partial charge in [-0.3, -0.25) is 0 Å². The minimum Gasteiger partial charge on any atom is -0.496 e. The van der Waals surface area contributed by atoms with Gasteiger partial charge in [0.15, 0.2) is 0 Å². The zero-order chi connectivity index (χ0) is 13.0. The smallest absolute Gasteiger partial charge is 0.122 e. The Bertz CT molecular complexity index is 391. The van der Waals surface area contributed by atoms with Crippen molar-refractivity contribution in [1.82, 2.24) is 5.32 Å². The van der Waals surface area contributed by atoms with Crippen LogP contribution in [0.3, 0.4) is 0 Å². The molecule has 4 heteroatoms. The highest BCUT2D eigenvalue weighted by Gasteiger charge is 2.22. The molecule has 2 N–H and O–H groups in total. The molecular weight excluding hydrogens is 294 g/mol. The molecule has 0 amide bonds. The molecule has 100 valence electrons. The number of nitrogens with one attached hydrogen (secondary N) is 1. The molecule has 0 aromatic heterocycles. The highest BCUT2D eigenvalue weighted by Crippen LogP contribution is 2.27. The molecule has 1 heterocycles. The molecule has 1 aliphatic heterocycles. The first-order valence-corrected chi connectivity index (χ1v) is 7.21. The van der Waals surface area contributed by atoms with Crippen LogP contribution in [0.15, 0.2) is 22.7 Å². The highest BCUT2D eigenvalue weighted by molar-refractivity contribution is 9.10. The van der Waals surface area contributed by atoms with Gasteiger partial charge in [0.1, 0.15) is 5.75 Å². The van der Waals surface area contributed by atoms with E-state index in [9.17, 15) is 5.11 Å². The summed E-state index contributed by atoms with van der Waals surface area (Å²) in [6, 6.07) is 5.93. The van der Waals surface area contributed by atoms with Crippen LogP contribution in [0.25, 0.3) is 0 Å². The van der Waals surface area contributed by atoms with Crippen molar-refractivity contribution in [2.75, 3.05) is 20.2 Å². The third kappa shape index (κ3) is 3.46. The molecule has 1 fully saturated rings. The van der Waals surface area contributed by atoms with Gasteiger partial charge in [-0.05, 0) is 55.6 Å². The highest BCUT2D eigenvalue weighted by atomic mass is 79.9. The van der Waals surface area contributed by atoms with Crippen molar-refractivity contribution in [2.45, 2.75) is 25.4 Å². The summed E-state index contributed by atoms with van der Waals surface area (Å²) in [5.74, 6) is 1.25. The van der Waals surface area contributed by atoms with Gasteiger partial charge < -0.3 is 15.2 Å². The quantitative estimate of drug-likeness (QED) is 0.896. The second kappa shape index (κ2) is 6.55. The number of piperidine rings is 1. The maximum Gasteiger partial charge on any atom is 0.122 e. The van der Waals surface area contributed by atoms with Crippen molar-refractivity contribution < 1.29 is 9.84 Å². The van der Waals surface area contributed by atoms with Crippen molar-refractivity contribution in [3.8, 4) is 5.75 Å². The lowest BCUT2D eigenvalue weighted by Gasteiger charge is -2.27. The van der Waals surface area contributed by atoms with Gasteiger partial charge in [-0.2, -0.15) is 0 Å². The van der Waals surface area contributed by atoms with Crippen LogP contribution >= 0.6 is 15.9 Å². The lowest BCUT2D eigenvalue weighted by molar-refractivity contribution is 0.0884. The molecule has 0 spiro atoms. The second-order valence-electron chi connectivity index (χ2n) is 4.82. The Morgan fingerprint density at radius 1 is 1.44 bits per heavy atom. The first kappa shape index (κ1) is 13.8. The number of benzene rings is 1. The number of rotatable bonds is 4. The van der Waals surface area contributed by atoms with E-state index in [0.717, 1.165) is 41.7 Å². The normalized spacial score (nSPS) is 18.6. The average molecular weight is 314 g/mol. The predicted octanol–water partition coefficient (Wildman–Crippen LogP) is 2.36. The second-order valence-corrected chi connectivity index (χ2v) is 5.73. The Kier molecular flexibility index (Phi) is 5.03. The lowest BCUT2D eigenvalue weighted by Crippen LogP contribution is -2.35. The third-order valence-electron chi connectivity index (χ3n) is 3.60. The molecule has 0 aliphatic carbocycles. The standard InChI is InChI=1S/C14H20BrNO2/c1-18-14-3-2-12(15)8-11(14)9-13(17)10-4-6-16-7-5-10/h2-3,8,10,13,16-17H,4-7,9H2,1H3. The number of hydrogen-bond donors (Lipinski definition) is 2. The summed E-state index contributed by atoms with van der Waals surface area (Å²) in [6.45, 7) is 2.02. The summed E-state index contributed by atoms with van der Waals surface area (Å²) >= 11 is 3.46. The molecule has 1 aromatic carbocycles. The van der Waals surface area contributed by atoms with Crippen molar-refractivity contribution in [3.63, 3.8) is 0 Å². The maximum absolute atomic E-state index is 10.3. The van der Waals surface area contributed by atoms with Gasteiger partial charge in [0.05, 0.1) is 13.2 Å². The molecular formula is C14H20BrNO2. The Hall–Kier alpha value is -0.580. The van der Waals surface area contributed by atoms with Gasteiger partial charge >= 0.3 is 0 Å². The van der Waals surface area contributed by atoms with E-state index in [1.54, 1.807) is 7.11 Å². The summed E-state index contributed by atoms with van der Waals surface area (Å²) in [5.41, 5.74) is 1.07. The van der Waals surface area contributed by atoms with E-state index in [2.05, 4.69) is 21.2 Å². The Labute approximate surface area is 117 Å². The average Bonchev–Trinajstić information content (AvgIpc) is 2.40. The zero-order valence-electron chi connectivity index (χ0n) is 10.7. The molecule has 2 rings (SSSR count). The molecule has 0 saturated carbocycles. The number of methoxy groups -OCH3 is 1. The van der Waals surface area contributed by atoms with Crippen LogP contribution in [0.1, 0.15) is 18.4 Å². The van der Waals surface area contributed by atoms with Crippen LogP contribution in [0.5, 0.6) is 5.75 Å². The van der Waals surface area contributed by atoms with Gasteiger partial charge in [0, 0.05) is 10.9 Å². The first-order valence-electron chi connectivity index (χ1n) is 6.42. The van der Waals surface area contributed by atoms with Crippen molar-refractivity contribution in [1.29, 1.82) is 0 Å². The minimum atomic E-state index is -0.282. The Balaban J connectivity index is 2.05. The number of aliphatic hydroxyl groups excluding tert-OH is 1. The predicted molar refractivity (Wildman–Crippen MR) is 76.0 cm³/mol. The first-order chi connectivity index (χ1) is 8.70. The van der Waals surface area contributed by atoms with Crippen molar-refractivity contribution in [2.24, 2.45) is 5.92 Å². The topological polar surface area (TPSA) is 41.5 Å². The molecule has 0 bridgehead atoms. The summed E-state index contributed by atoms with van der Waals surface area (Å²) in [6.07, 6.45) is 2.48. The Morgan fingerprint density at radius 3 is 2.83 bits per heavy atom. The molecule has 1 aromatic rings. The van der Waals surface area contributed by atoms with Crippen molar-refractivity contribution in [3.05, 3.63) is 28.2 Å². The number of ether oxygens (including phenoxy) is 1. The summed E-state index contributed by atoms with van der Waals surface area (Å²) in [4.78, 5) is 0. The lowest BCUT2D eigenvalue weighted by atomic mass is 9.88. The van der Waals surface area contributed by atoms with Gasteiger partial charge in [0.2, 0.25) is 0 Å². The molecule has 0 radical (unpaired) electrons. The zero-order valence-corrected chi connectivity index (χ0v) is 12.2. The summed E-state index contributed by atoms with van der Waals surface area (Å²) in [5, 5.41) is 13.7. The number of hydrogen-bond acceptors (Lipinski definition) is 3. The van der Waals surface area contributed by atoms with Gasteiger partial charge in [-0.15, -0.1) is 0 Å². The molecule has 1 aliphatic rings. The van der Waals surface area contributed by atoms with E-state index in [4.69, 9.17) is 4.74 Å². The van der Waals surface area contributed by atoms with Gasteiger partial charge in [-0.25, -0.2) is 0 Å². The minimum absolute atomic E-state index is 0.282. The SMILES string of the molecule is COc1ccc(Br)cc1CC(O)C1CCNCC1. The van der Waals surface area contributed by atoms with E-state index in [1.165, 1.54) is 0 Å². The van der Waals surface area contributed by atoms with E-state index >= 15 is 0 Å². The maximum atomic E-state index is 10.3. The van der Waals surface area contributed by atoms with E-state index in [-0.39, 0.29) is 6.10 Å². The molecule has 1 saturated heterocycles.